The summed E-state index contributed by atoms with van der Waals surface area (Å²) in [6.45, 7) is 3.85. The maximum atomic E-state index is 12.9. The molecule has 4 rings (SSSR count). The average Bonchev–Trinajstić information content (AvgIpc) is 2.85. The van der Waals surface area contributed by atoms with Gasteiger partial charge in [-0.1, -0.05) is 13.0 Å². The number of anilines is 2. The summed E-state index contributed by atoms with van der Waals surface area (Å²) in [6, 6.07) is 15.7. The van der Waals surface area contributed by atoms with E-state index in [1.807, 2.05) is 32.0 Å². The normalized spacial score (nSPS) is 11.1. The van der Waals surface area contributed by atoms with Crippen LogP contribution in [0.2, 0.25) is 0 Å². The van der Waals surface area contributed by atoms with Crippen molar-refractivity contribution in [3.63, 3.8) is 0 Å². The zero-order chi connectivity index (χ0) is 25.7. The molecule has 4 aromatic rings. The van der Waals surface area contributed by atoms with E-state index >= 15 is 0 Å². The Morgan fingerprint density at radius 1 is 0.944 bits per heavy atom. The maximum Gasteiger partial charge on any atom is 0.416 e. The van der Waals surface area contributed by atoms with Gasteiger partial charge in [-0.15, -0.1) is 0 Å². The molecule has 0 unspecified atom stereocenters. The first-order chi connectivity index (χ1) is 17.2. The van der Waals surface area contributed by atoms with Gasteiger partial charge in [0.15, 0.2) is 5.11 Å². The predicted molar refractivity (Wildman–Crippen MR) is 137 cm³/mol. The van der Waals surface area contributed by atoms with Gasteiger partial charge in [0.2, 0.25) is 5.88 Å². The molecular weight excluding hydrogens is 487 g/mol. The quantitative estimate of drug-likeness (QED) is 0.270. The molecule has 0 bridgehead atoms. The third-order valence-corrected chi connectivity index (χ3v) is 5.36. The van der Waals surface area contributed by atoms with Crippen LogP contribution in [0.1, 0.15) is 23.9 Å². The summed E-state index contributed by atoms with van der Waals surface area (Å²) >= 11 is 5.27. The Balaban J connectivity index is 1.47. The van der Waals surface area contributed by atoms with Crippen LogP contribution in [0.5, 0.6) is 11.6 Å². The standard InChI is InChI=1S/C26H22F3N5OS/c1-3-23-30-13-11-21(34-23)20-8-5-12-31-24(20)35-22-10-9-19(14-16(22)2)33-25(36)32-18-7-4-6-17(15-18)26(27,28)29/h4-15H,3H2,1-2H3,(H2,32,33,36). The largest absolute Gasteiger partial charge is 0.438 e. The monoisotopic (exact) mass is 509 g/mol. The van der Waals surface area contributed by atoms with Crippen molar-refractivity contribution in [3.8, 4) is 22.9 Å². The molecule has 0 spiro atoms. The molecule has 2 N–H and O–H groups in total. The Morgan fingerprint density at radius 2 is 1.72 bits per heavy atom. The average molecular weight is 510 g/mol. The van der Waals surface area contributed by atoms with Gasteiger partial charge in [0.25, 0.3) is 0 Å². The Morgan fingerprint density at radius 3 is 2.44 bits per heavy atom. The lowest BCUT2D eigenvalue weighted by Crippen LogP contribution is -2.19. The zero-order valence-corrected chi connectivity index (χ0v) is 20.2. The maximum absolute atomic E-state index is 12.9. The van der Waals surface area contributed by atoms with Crippen molar-refractivity contribution < 1.29 is 17.9 Å². The minimum Gasteiger partial charge on any atom is -0.438 e. The van der Waals surface area contributed by atoms with E-state index < -0.39 is 11.7 Å². The number of hydrogen-bond acceptors (Lipinski definition) is 5. The number of aromatic nitrogens is 3. The highest BCUT2D eigenvalue weighted by atomic mass is 32.1. The van der Waals surface area contributed by atoms with Gasteiger partial charge in [-0.25, -0.2) is 15.0 Å². The van der Waals surface area contributed by atoms with Gasteiger partial charge in [-0.3, -0.25) is 0 Å². The van der Waals surface area contributed by atoms with Crippen LogP contribution in [0.3, 0.4) is 0 Å². The number of benzene rings is 2. The van der Waals surface area contributed by atoms with E-state index in [2.05, 4.69) is 25.6 Å². The van der Waals surface area contributed by atoms with Crippen molar-refractivity contribution in [2.45, 2.75) is 26.4 Å². The number of halogens is 3. The molecule has 0 aliphatic carbocycles. The molecule has 2 aromatic heterocycles. The van der Waals surface area contributed by atoms with Gasteiger partial charge in [0.05, 0.1) is 16.8 Å². The molecule has 0 radical (unpaired) electrons. The van der Waals surface area contributed by atoms with Gasteiger partial charge in [0.1, 0.15) is 11.6 Å². The summed E-state index contributed by atoms with van der Waals surface area (Å²) in [4.78, 5) is 13.2. The fraction of sp³-hybridized carbons (Fsp3) is 0.154. The van der Waals surface area contributed by atoms with Crippen LogP contribution in [-0.4, -0.2) is 20.1 Å². The minimum absolute atomic E-state index is 0.157. The summed E-state index contributed by atoms with van der Waals surface area (Å²) in [7, 11) is 0. The molecule has 0 aliphatic rings. The second kappa shape index (κ2) is 10.7. The molecule has 0 fully saturated rings. The van der Waals surface area contributed by atoms with E-state index in [0.29, 0.717) is 29.4 Å². The van der Waals surface area contributed by atoms with Crippen molar-refractivity contribution in [1.29, 1.82) is 0 Å². The summed E-state index contributed by atoms with van der Waals surface area (Å²) in [6.07, 6.45) is -0.370. The predicted octanol–water partition coefficient (Wildman–Crippen LogP) is 7.03. The minimum atomic E-state index is -4.43. The third-order valence-electron chi connectivity index (χ3n) is 5.16. The summed E-state index contributed by atoms with van der Waals surface area (Å²) in [5.74, 6) is 1.72. The molecule has 0 saturated carbocycles. The lowest BCUT2D eigenvalue weighted by atomic mass is 10.1. The fourth-order valence-electron chi connectivity index (χ4n) is 3.40. The number of alkyl halides is 3. The molecule has 0 amide bonds. The number of ether oxygens (including phenoxy) is 1. The SMILES string of the molecule is CCc1nccc(-c2cccnc2Oc2ccc(NC(=S)Nc3cccc(C(F)(F)F)c3)cc2C)n1. The van der Waals surface area contributed by atoms with Crippen LogP contribution in [0, 0.1) is 6.92 Å². The van der Waals surface area contributed by atoms with Crippen LogP contribution in [0.25, 0.3) is 11.3 Å². The summed E-state index contributed by atoms with van der Waals surface area (Å²) in [5, 5.41) is 5.92. The molecular formula is C26H22F3N5OS. The first-order valence-corrected chi connectivity index (χ1v) is 11.4. The number of rotatable bonds is 6. The highest BCUT2D eigenvalue weighted by Gasteiger charge is 2.30. The van der Waals surface area contributed by atoms with Crippen molar-refractivity contribution in [2.75, 3.05) is 10.6 Å². The summed E-state index contributed by atoms with van der Waals surface area (Å²) < 4.78 is 45.0. The van der Waals surface area contributed by atoms with Crippen molar-refractivity contribution >= 4 is 28.7 Å². The smallest absolute Gasteiger partial charge is 0.416 e. The number of hydrogen-bond donors (Lipinski definition) is 2. The van der Waals surface area contributed by atoms with Crippen LogP contribution in [-0.2, 0) is 12.6 Å². The number of nitrogens with zero attached hydrogens (tertiary/aromatic N) is 3. The van der Waals surface area contributed by atoms with E-state index in [0.717, 1.165) is 29.1 Å². The second-order valence-corrected chi connectivity index (χ2v) is 8.22. The molecule has 10 heteroatoms. The lowest BCUT2D eigenvalue weighted by molar-refractivity contribution is -0.137. The van der Waals surface area contributed by atoms with E-state index in [4.69, 9.17) is 17.0 Å². The highest BCUT2D eigenvalue weighted by molar-refractivity contribution is 7.80. The fourth-order valence-corrected chi connectivity index (χ4v) is 3.63. The van der Waals surface area contributed by atoms with E-state index in [1.165, 1.54) is 12.1 Å². The van der Waals surface area contributed by atoms with Crippen LogP contribution in [0.15, 0.2) is 73.1 Å². The Kier molecular flexibility index (Phi) is 7.44. The van der Waals surface area contributed by atoms with E-state index in [9.17, 15) is 13.2 Å². The van der Waals surface area contributed by atoms with Crippen LogP contribution < -0.4 is 15.4 Å². The summed E-state index contributed by atoms with van der Waals surface area (Å²) in [5.41, 5.74) is 2.38. The lowest BCUT2D eigenvalue weighted by Gasteiger charge is -2.15. The Labute approximate surface area is 211 Å². The van der Waals surface area contributed by atoms with Gasteiger partial charge < -0.3 is 15.4 Å². The van der Waals surface area contributed by atoms with Gasteiger partial charge >= 0.3 is 6.18 Å². The number of aryl methyl sites for hydroxylation is 2. The molecule has 0 aliphatic heterocycles. The molecule has 2 aromatic carbocycles. The van der Waals surface area contributed by atoms with Crippen LogP contribution >= 0.6 is 12.2 Å². The highest BCUT2D eigenvalue weighted by Crippen LogP contribution is 2.33. The van der Waals surface area contributed by atoms with Gasteiger partial charge in [-0.2, -0.15) is 13.2 Å². The zero-order valence-electron chi connectivity index (χ0n) is 19.4. The molecule has 0 saturated heterocycles. The van der Waals surface area contributed by atoms with Crippen molar-refractivity contribution in [3.05, 3.63) is 90.0 Å². The van der Waals surface area contributed by atoms with E-state index in [-0.39, 0.29) is 10.8 Å². The molecule has 2 heterocycles. The van der Waals surface area contributed by atoms with Crippen molar-refractivity contribution in [2.24, 2.45) is 0 Å². The molecule has 36 heavy (non-hydrogen) atoms. The second-order valence-electron chi connectivity index (χ2n) is 7.81. The molecule has 184 valence electrons. The van der Waals surface area contributed by atoms with Gasteiger partial charge in [-0.05, 0) is 79.3 Å². The molecule has 0 atom stereocenters. The van der Waals surface area contributed by atoms with Gasteiger partial charge in [0, 0.05) is 30.2 Å². The number of pyridine rings is 1. The number of nitrogens with one attached hydrogen (secondary N) is 2. The Hall–Kier alpha value is -4.05. The third kappa shape index (κ3) is 6.14. The first kappa shape index (κ1) is 25.1. The topological polar surface area (TPSA) is 72.0 Å². The first-order valence-electron chi connectivity index (χ1n) is 11.0. The van der Waals surface area contributed by atoms with Crippen LogP contribution in [0.4, 0.5) is 24.5 Å². The van der Waals surface area contributed by atoms with E-state index in [1.54, 1.807) is 30.6 Å². The molecule has 6 nitrogen and oxygen atoms in total. The number of thiocarbonyl (C=S) groups is 1. The van der Waals surface area contributed by atoms with Crippen molar-refractivity contribution in [1.82, 2.24) is 15.0 Å². The Bertz CT molecular complexity index is 1390.